The summed E-state index contributed by atoms with van der Waals surface area (Å²) in [5, 5.41) is 0. The highest BCUT2D eigenvalue weighted by Crippen LogP contribution is 2.52. The quantitative estimate of drug-likeness (QED) is 0.571. The molecule has 0 radical (unpaired) electrons. The molecule has 4 rings (SSSR count). The maximum absolute atomic E-state index is 2.53. The molecular weight excluding hydrogens is 252 g/mol. The molecule has 21 heavy (non-hydrogen) atoms. The smallest absolute Gasteiger partial charge is 0.0128 e. The van der Waals surface area contributed by atoms with Crippen LogP contribution in [0, 0.1) is 17.8 Å². The van der Waals surface area contributed by atoms with E-state index in [1.807, 2.05) is 0 Å². The molecule has 0 aromatic heterocycles. The Morgan fingerprint density at radius 3 is 2.67 bits per heavy atom. The van der Waals surface area contributed by atoms with E-state index in [1.165, 1.54) is 64.2 Å². The number of hydrogen-bond acceptors (Lipinski definition) is 0. The second-order valence-corrected chi connectivity index (χ2v) is 7.52. The Labute approximate surface area is 129 Å². The van der Waals surface area contributed by atoms with Gasteiger partial charge in [-0.05, 0) is 92.3 Å². The monoisotopic (exact) mass is 280 g/mol. The summed E-state index contributed by atoms with van der Waals surface area (Å²) < 4.78 is 0. The summed E-state index contributed by atoms with van der Waals surface area (Å²) in [4.78, 5) is 0. The van der Waals surface area contributed by atoms with Crippen LogP contribution in [0.4, 0.5) is 0 Å². The van der Waals surface area contributed by atoms with Gasteiger partial charge in [-0.1, -0.05) is 36.8 Å². The Balaban J connectivity index is 1.70. The van der Waals surface area contributed by atoms with Crippen LogP contribution in [0.1, 0.15) is 64.2 Å². The fourth-order valence-corrected chi connectivity index (χ4v) is 5.20. The molecule has 0 aliphatic heterocycles. The second-order valence-electron chi connectivity index (χ2n) is 7.52. The van der Waals surface area contributed by atoms with Gasteiger partial charge in [-0.2, -0.15) is 0 Å². The van der Waals surface area contributed by atoms with Crippen LogP contribution in [0.25, 0.3) is 0 Å². The highest BCUT2D eigenvalue weighted by Gasteiger charge is 2.41. The van der Waals surface area contributed by atoms with Crippen molar-refractivity contribution in [1.82, 2.24) is 0 Å². The van der Waals surface area contributed by atoms with Crippen molar-refractivity contribution in [3.63, 3.8) is 0 Å². The molecule has 3 unspecified atom stereocenters. The van der Waals surface area contributed by atoms with Crippen LogP contribution < -0.4 is 0 Å². The van der Waals surface area contributed by atoms with Gasteiger partial charge in [0.2, 0.25) is 0 Å². The van der Waals surface area contributed by atoms with Crippen molar-refractivity contribution >= 4 is 0 Å². The molecule has 2 saturated carbocycles. The van der Waals surface area contributed by atoms with E-state index < -0.39 is 0 Å². The first kappa shape index (κ1) is 13.6. The molecule has 0 aromatic rings. The van der Waals surface area contributed by atoms with E-state index in [1.54, 1.807) is 16.7 Å². The van der Waals surface area contributed by atoms with E-state index in [-0.39, 0.29) is 0 Å². The van der Waals surface area contributed by atoms with Crippen LogP contribution in [-0.4, -0.2) is 0 Å². The molecule has 3 atom stereocenters. The van der Waals surface area contributed by atoms with Gasteiger partial charge in [-0.25, -0.2) is 0 Å². The lowest BCUT2D eigenvalue weighted by atomic mass is 9.78. The molecule has 0 N–H and O–H groups in total. The molecule has 4 aliphatic carbocycles. The Morgan fingerprint density at radius 1 is 0.905 bits per heavy atom. The van der Waals surface area contributed by atoms with E-state index >= 15 is 0 Å². The van der Waals surface area contributed by atoms with E-state index in [2.05, 4.69) is 30.4 Å². The molecule has 4 aliphatic rings. The fraction of sp³-hybridized carbons (Fsp3) is 0.619. The van der Waals surface area contributed by atoms with E-state index in [0.29, 0.717) is 0 Å². The van der Waals surface area contributed by atoms with Gasteiger partial charge < -0.3 is 0 Å². The van der Waals surface area contributed by atoms with Crippen molar-refractivity contribution in [2.75, 3.05) is 0 Å². The lowest BCUT2D eigenvalue weighted by Gasteiger charge is -2.26. The lowest BCUT2D eigenvalue weighted by Crippen LogP contribution is -2.14. The van der Waals surface area contributed by atoms with Crippen LogP contribution in [0.3, 0.4) is 0 Å². The lowest BCUT2D eigenvalue weighted by molar-refractivity contribution is 0.381. The van der Waals surface area contributed by atoms with Crippen molar-refractivity contribution in [2.24, 2.45) is 17.8 Å². The maximum atomic E-state index is 2.53. The zero-order valence-electron chi connectivity index (χ0n) is 13.2. The standard InChI is InChI=1S/C21H28/c1-2-5-9-17(8-4-1)19-10-6-3-7-11-20(19)21-15-16-12-13-18(21)14-16/h1,4,7-8,11,16,18,21H,2-3,5-6,9-10,12-15H2. The van der Waals surface area contributed by atoms with Gasteiger partial charge >= 0.3 is 0 Å². The summed E-state index contributed by atoms with van der Waals surface area (Å²) in [5.41, 5.74) is 5.15. The minimum atomic E-state index is 0.890. The predicted molar refractivity (Wildman–Crippen MR) is 90.0 cm³/mol. The van der Waals surface area contributed by atoms with Gasteiger partial charge in [0, 0.05) is 0 Å². The van der Waals surface area contributed by atoms with Gasteiger partial charge in [0.25, 0.3) is 0 Å². The zero-order valence-corrected chi connectivity index (χ0v) is 13.2. The van der Waals surface area contributed by atoms with Crippen LogP contribution in [0.5, 0.6) is 0 Å². The maximum Gasteiger partial charge on any atom is -0.0128 e. The molecule has 0 heterocycles. The Kier molecular flexibility index (Phi) is 3.88. The van der Waals surface area contributed by atoms with Crippen LogP contribution >= 0.6 is 0 Å². The SMILES string of the molecule is C1=CCCCC(C2=C(C3CC4CCC3C4)C=CCCC2)=C1. The largest absolute Gasteiger partial charge is 0.0845 e. The number of rotatable bonds is 2. The first-order valence-electron chi connectivity index (χ1n) is 9.17. The summed E-state index contributed by atoms with van der Waals surface area (Å²) >= 11 is 0. The highest BCUT2D eigenvalue weighted by molar-refractivity contribution is 5.45. The summed E-state index contributed by atoms with van der Waals surface area (Å²) in [5.74, 6) is 2.94. The summed E-state index contributed by atoms with van der Waals surface area (Å²) in [7, 11) is 0. The molecule has 0 amide bonds. The minimum Gasteiger partial charge on any atom is -0.0845 e. The van der Waals surface area contributed by atoms with Crippen molar-refractivity contribution in [3.05, 3.63) is 47.1 Å². The fourth-order valence-electron chi connectivity index (χ4n) is 5.20. The molecule has 2 fully saturated rings. The summed E-state index contributed by atoms with van der Waals surface area (Å²) in [6.45, 7) is 0. The molecule has 2 bridgehead atoms. The van der Waals surface area contributed by atoms with Gasteiger partial charge in [0.1, 0.15) is 0 Å². The van der Waals surface area contributed by atoms with Crippen molar-refractivity contribution in [2.45, 2.75) is 64.2 Å². The van der Waals surface area contributed by atoms with Crippen molar-refractivity contribution < 1.29 is 0 Å². The normalized spacial score (nSPS) is 35.8. The summed E-state index contributed by atoms with van der Waals surface area (Å²) in [6, 6.07) is 0. The van der Waals surface area contributed by atoms with Crippen LogP contribution in [0.15, 0.2) is 47.1 Å². The average molecular weight is 280 g/mol. The minimum absolute atomic E-state index is 0.890. The Bertz CT molecular complexity index is 514. The third-order valence-corrected chi connectivity index (χ3v) is 6.22. The Hall–Kier alpha value is -1.04. The van der Waals surface area contributed by atoms with Gasteiger partial charge in [0.05, 0.1) is 0 Å². The van der Waals surface area contributed by atoms with Gasteiger partial charge in [-0.3, -0.25) is 0 Å². The zero-order chi connectivity index (χ0) is 14.1. The Morgan fingerprint density at radius 2 is 1.81 bits per heavy atom. The van der Waals surface area contributed by atoms with E-state index in [9.17, 15) is 0 Å². The molecule has 0 nitrogen and oxygen atoms in total. The number of allylic oxidation sites excluding steroid dienone is 8. The van der Waals surface area contributed by atoms with Gasteiger partial charge in [0.15, 0.2) is 0 Å². The van der Waals surface area contributed by atoms with Crippen LogP contribution in [0.2, 0.25) is 0 Å². The van der Waals surface area contributed by atoms with Crippen molar-refractivity contribution in [3.8, 4) is 0 Å². The number of fused-ring (bicyclic) bond motifs is 2. The topological polar surface area (TPSA) is 0 Å². The molecule has 0 aromatic carbocycles. The van der Waals surface area contributed by atoms with E-state index in [0.717, 1.165) is 17.8 Å². The van der Waals surface area contributed by atoms with Gasteiger partial charge in [-0.15, -0.1) is 0 Å². The average Bonchev–Trinajstić information content (AvgIpc) is 2.92. The predicted octanol–water partition coefficient (Wildman–Crippen LogP) is 6.13. The third kappa shape index (κ3) is 2.70. The second kappa shape index (κ2) is 5.99. The highest BCUT2D eigenvalue weighted by atomic mass is 14.5. The first-order valence-corrected chi connectivity index (χ1v) is 9.17. The third-order valence-electron chi connectivity index (χ3n) is 6.22. The van der Waals surface area contributed by atoms with Crippen LogP contribution in [-0.2, 0) is 0 Å². The molecule has 0 spiro atoms. The molecule has 112 valence electrons. The first-order chi connectivity index (χ1) is 10.4. The summed E-state index contributed by atoms with van der Waals surface area (Å²) in [6.07, 6.45) is 25.9. The number of hydrogen-bond donors (Lipinski definition) is 0. The van der Waals surface area contributed by atoms with E-state index in [4.69, 9.17) is 0 Å². The van der Waals surface area contributed by atoms with Crippen molar-refractivity contribution in [1.29, 1.82) is 0 Å². The molecule has 0 saturated heterocycles. The molecule has 0 heteroatoms. The molecular formula is C21H28.